The van der Waals surface area contributed by atoms with Crippen molar-refractivity contribution in [1.82, 2.24) is 4.90 Å². The molecule has 28 heavy (non-hydrogen) atoms. The maximum Gasteiger partial charge on any atom is 0.344 e. The molecule has 150 valence electrons. The van der Waals surface area contributed by atoms with Crippen LogP contribution in [0.2, 0.25) is 0 Å². The fraction of sp³-hybridized carbons (Fsp3) is 0.364. The van der Waals surface area contributed by atoms with Gasteiger partial charge in [-0.1, -0.05) is 18.2 Å². The third-order valence-corrected chi connectivity index (χ3v) is 4.03. The molecular formula is C22H28N2O4. The summed E-state index contributed by atoms with van der Waals surface area (Å²) in [6.07, 6.45) is 0. The lowest BCUT2D eigenvalue weighted by atomic mass is 10.2. The number of ether oxygens (including phenoxy) is 2. The fourth-order valence-electron chi connectivity index (χ4n) is 2.90. The normalized spacial score (nSPS) is 10.6. The Labute approximate surface area is 166 Å². The van der Waals surface area contributed by atoms with Crippen LogP contribution >= 0.6 is 0 Å². The van der Waals surface area contributed by atoms with E-state index in [0.29, 0.717) is 5.75 Å². The van der Waals surface area contributed by atoms with Crippen molar-refractivity contribution >= 4 is 23.3 Å². The van der Waals surface area contributed by atoms with Gasteiger partial charge in [0.25, 0.3) is 5.91 Å². The molecule has 2 aromatic rings. The van der Waals surface area contributed by atoms with Crippen LogP contribution in [0.3, 0.4) is 0 Å². The summed E-state index contributed by atoms with van der Waals surface area (Å²) in [5.41, 5.74) is 1.90. The Hall–Kier alpha value is -3.02. The highest BCUT2D eigenvalue weighted by Gasteiger charge is 2.21. The highest BCUT2D eigenvalue weighted by Crippen LogP contribution is 2.19. The van der Waals surface area contributed by atoms with Gasteiger partial charge in [0.2, 0.25) is 0 Å². The van der Waals surface area contributed by atoms with Gasteiger partial charge in [-0.05, 0) is 64.1 Å². The average Bonchev–Trinajstić information content (AvgIpc) is 2.66. The van der Waals surface area contributed by atoms with Crippen LogP contribution in [-0.4, -0.2) is 42.1 Å². The first-order chi connectivity index (χ1) is 13.4. The summed E-state index contributed by atoms with van der Waals surface area (Å²) < 4.78 is 10.5. The molecule has 0 aliphatic heterocycles. The Balaban J connectivity index is 1.77. The Bertz CT molecular complexity index is 750. The van der Waals surface area contributed by atoms with Crippen LogP contribution in [0.5, 0.6) is 5.75 Å². The monoisotopic (exact) mass is 384 g/mol. The summed E-state index contributed by atoms with van der Waals surface area (Å²) in [6.45, 7) is 7.19. The van der Waals surface area contributed by atoms with E-state index in [1.54, 1.807) is 17.0 Å². The fourth-order valence-corrected chi connectivity index (χ4v) is 2.90. The van der Waals surface area contributed by atoms with Crippen LogP contribution in [0.1, 0.15) is 27.7 Å². The molecule has 2 aromatic carbocycles. The first-order valence-corrected chi connectivity index (χ1v) is 9.38. The van der Waals surface area contributed by atoms with Crippen LogP contribution in [-0.2, 0) is 14.3 Å². The van der Waals surface area contributed by atoms with Gasteiger partial charge >= 0.3 is 5.97 Å². The predicted octanol–water partition coefficient (Wildman–Crippen LogP) is 4.00. The van der Waals surface area contributed by atoms with Crippen molar-refractivity contribution in [3.05, 3.63) is 54.6 Å². The molecule has 0 bridgehead atoms. The molecule has 1 amide bonds. The average molecular weight is 384 g/mol. The zero-order chi connectivity index (χ0) is 20.5. The predicted molar refractivity (Wildman–Crippen MR) is 110 cm³/mol. The van der Waals surface area contributed by atoms with Gasteiger partial charge in [-0.25, -0.2) is 4.79 Å². The summed E-state index contributed by atoms with van der Waals surface area (Å²) >= 11 is 0. The molecule has 0 radical (unpaired) electrons. The van der Waals surface area contributed by atoms with E-state index >= 15 is 0 Å². The van der Waals surface area contributed by atoms with Crippen molar-refractivity contribution in [1.29, 1.82) is 0 Å². The van der Waals surface area contributed by atoms with Crippen LogP contribution in [0.4, 0.5) is 11.4 Å². The molecule has 0 atom stereocenters. The number of amides is 1. The molecule has 0 heterocycles. The lowest BCUT2D eigenvalue weighted by molar-refractivity contribution is -0.155. The molecule has 0 unspecified atom stereocenters. The minimum Gasteiger partial charge on any atom is -0.482 e. The number of esters is 1. The molecule has 2 rings (SSSR count). The van der Waals surface area contributed by atoms with E-state index in [0.717, 1.165) is 11.4 Å². The van der Waals surface area contributed by atoms with E-state index in [2.05, 4.69) is 5.32 Å². The second-order valence-electron chi connectivity index (χ2n) is 6.95. The lowest BCUT2D eigenvalue weighted by Gasteiger charge is -2.30. The second kappa shape index (κ2) is 10.3. The van der Waals surface area contributed by atoms with Crippen molar-refractivity contribution < 1.29 is 19.1 Å². The second-order valence-corrected chi connectivity index (χ2v) is 6.95. The molecule has 0 aliphatic carbocycles. The van der Waals surface area contributed by atoms with Gasteiger partial charge in [-0.15, -0.1) is 0 Å². The van der Waals surface area contributed by atoms with Crippen molar-refractivity contribution in [2.24, 2.45) is 0 Å². The summed E-state index contributed by atoms with van der Waals surface area (Å²) in [4.78, 5) is 25.7. The third-order valence-electron chi connectivity index (χ3n) is 4.03. The molecular weight excluding hydrogens is 356 g/mol. The zero-order valence-electron chi connectivity index (χ0n) is 16.8. The summed E-state index contributed by atoms with van der Waals surface area (Å²) in [5.74, 6) is -0.241. The van der Waals surface area contributed by atoms with E-state index < -0.39 is 5.97 Å². The van der Waals surface area contributed by atoms with Crippen molar-refractivity contribution in [3.8, 4) is 5.75 Å². The van der Waals surface area contributed by atoms with E-state index in [-0.39, 0.29) is 31.2 Å². The van der Waals surface area contributed by atoms with Crippen LogP contribution in [0.15, 0.2) is 54.6 Å². The largest absolute Gasteiger partial charge is 0.482 e. The topological polar surface area (TPSA) is 67.9 Å². The minimum atomic E-state index is -0.577. The molecule has 0 spiro atoms. The van der Waals surface area contributed by atoms with E-state index in [1.165, 1.54) is 0 Å². The van der Waals surface area contributed by atoms with Crippen molar-refractivity contribution in [2.75, 3.05) is 18.5 Å². The first-order valence-electron chi connectivity index (χ1n) is 9.38. The van der Waals surface area contributed by atoms with Crippen molar-refractivity contribution in [3.63, 3.8) is 0 Å². The van der Waals surface area contributed by atoms with Gasteiger partial charge in [0.05, 0.1) is 0 Å². The van der Waals surface area contributed by atoms with Gasteiger partial charge in [-0.2, -0.15) is 0 Å². The number of carbonyl (C=O) groups is 2. The summed E-state index contributed by atoms with van der Waals surface area (Å²) in [6, 6.07) is 17.2. The van der Waals surface area contributed by atoms with Gasteiger partial charge in [0, 0.05) is 23.5 Å². The number of hydrogen-bond acceptors (Lipinski definition) is 5. The highest BCUT2D eigenvalue weighted by atomic mass is 16.6. The zero-order valence-corrected chi connectivity index (χ0v) is 16.8. The van der Waals surface area contributed by atoms with Gasteiger partial charge < -0.3 is 19.7 Å². The van der Waals surface area contributed by atoms with Crippen LogP contribution in [0, 0.1) is 0 Å². The number of nitrogens with zero attached hydrogens (tertiary/aromatic N) is 1. The van der Waals surface area contributed by atoms with E-state index in [1.807, 2.05) is 70.2 Å². The Morgan fingerprint density at radius 3 is 2.00 bits per heavy atom. The van der Waals surface area contributed by atoms with Crippen molar-refractivity contribution in [2.45, 2.75) is 39.8 Å². The Morgan fingerprint density at radius 2 is 1.43 bits per heavy atom. The summed E-state index contributed by atoms with van der Waals surface area (Å²) in [5, 5.41) is 3.27. The molecule has 1 N–H and O–H groups in total. The molecule has 6 heteroatoms. The molecule has 6 nitrogen and oxygen atoms in total. The van der Waals surface area contributed by atoms with Crippen LogP contribution < -0.4 is 10.1 Å². The first kappa shape index (κ1) is 21.3. The molecule has 0 aromatic heterocycles. The maximum absolute atomic E-state index is 12.2. The molecule has 0 aliphatic rings. The number of nitrogens with one attached hydrogen (secondary N) is 1. The molecule has 0 fully saturated rings. The number of rotatable bonds is 9. The van der Waals surface area contributed by atoms with Gasteiger partial charge in [-0.3, -0.25) is 4.79 Å². The van der Waals surface area contributed by atoms with Gasteiger partial charge in [0.15, 0.2) is 13.2 Å². The maximum atomic E-state index is 12.2. The number of benzene rings is 2. The quantitative estimate of drug-likeness (QED) is 0.662. The number of hydrogen-bond donors (Lipinski definition) is 1. The molecule has 0 saturated carbocycles. The Morgan fingerprint density at radius 1 is 0.857 bits per heavy atom. The Kier molecular flexibility index (Phi) is 7.87. The number of para-hydroxylation sites is 1. The standard InChI is InChI=1S/C22H28N2O4/c1-16(2)24(17(3)4)21(25)14-28-22(26)15-27-20-12-10-19(11-13-20)23-18-8-6-5-7-9-18/h5-13,16-17,23H,14-15H2,1-4H3. The summed E-state index contributed by atoms with van der Waals surface area (Å²) in [7, 11) is 0. The highest BCUT2D eigenvalue weighted by molar-refractivity contribution is 5.81. The smallest absolute Gasteiger partial charge is 0.344 e. The van der Waals surface area contributed by atoms with Gasteiger partial charge in [0.1, 0.15) is 5.75 Å². The number of carbonyl (C=O) groups excluding carboxylic acids is 2. The van der Waals surface area contributed by atoms with E-state index in [9.17, 15) is 9.59 Å². The lowest BCUT2D eigenvalue weighted by Crippen LogP contribution is -2.44. The van der Waals surface area contributed by atoms with Crippen LogP contribution in [0.25, 0.3) is 0 Å². The number of anilines is 2. The SMILES string of the molecule is CC(C)N(C(=O)COC(=O)COc1ccc(Nc2ccccc2)cc1)C(C)C. The third kappa shape index (κ3) is 6.61. The van der Waals surface area contributed by atoms with E-state index in [4.69, 9.17) is 9.47 Å². The molecule has 0 saturated heterocycles. The minimum absolute atomic E-state index is 0.0467.